The molecule has 26 heavy (non-hydrogen) atoms. The fourth-order valence-electron chi connectivity index (χ4n) is 3.39. The van der Waals surface area contributed by atoms with Gasteiger partial charge in [0.15, 0.2) is 0 Å². The summed E-state index contributed by atoms with van der Waals surface area (Å²) < 4.78 is 1.72. The second kappa shape index (κ2) is 8.29. The molecule has 1 fully saturated rings. The largest absolute Gasteiger partial charge is 0.361 e. The Morgan fingerprint density at radius 2 is 2.04 bits per heavy atom. The van der Waals surface area contributed by atoms with Crippen molar-refractivity contribution in [2.45, 2.75) is 39.2 Å². The van der Waals surface area contributed by atoms with E-state index in [0.29, 0.717) is 12.5 Å². The molecule has 2 aromatic heterocycles. The normalized spacial score (nSPS) is 17.8. The van der Waals surface area contributed by atoms with Crippen molar-refractivity contribution in [3.8, 4) is 0 Å². The molecule has 3 rings (SSSR count). The number of carbonyl (C=O) groups excluding carboxylic acids is 1. The fourth-order valence-corrected chi connectivity index (χ4v) is 3.39. The molecule has 1 atom stereocenters. The van der Waals surface area contributed by atoms with E-state index in [0.717, 1.165) is 55.8 Å². The van der Waals surface area contributed by atoms with E-state index in [4.69, 9.17) is 0 Å². The maximum atomic E-state index is 12.5. The maximum Gasteiger partial charge on any atom is 0.244 e. The van der Waals surface area contributed by atoms with E-state index in [2.05, 4.69) is 15.1 Å². The minimum Gasteiger partial charge on any atom is -0.361 e. The molecule has 0 radical (unpaired) electrons. The Balaban J connectivity index is 1.52. The zero-order valence-electron chi connectivity index (χ0n) is 15.9. The van der Waals surface area contributed by atoms with Gasteiger partial charge in [0.25, 0.3) is 0 Å². The van der Waals surface area contributed by atoms with Crippen LogP contribution in [-0.2, 0) is 17.8 Å². The summed E-state index contributed by atoms with van der Waals surface area (Å²) in [5.41, 5.74) is 2.11. The van der Waals surface area contributed by atoms with Crippen molar-refractivity contribution in [3.05, 3.63) is 36.0 Å². The van der Waals surface area contributed by atoms with Gasteiger partial charge < -0.3 is 9.80 Å². The summed E-state index contributed by atoms with van der Waals surface area (Å²) in [4.78, 5) is 25.5. The van der Waals surface area contributed by atoms with Gasteiger partial charge in [-0.05, 0) is 44.1 Å². The lowest BCUT2D eigenvalue weighted by atomic mass is 9.95. The van der Waals surface area contributed by atoms with Crippen LogP contribution in [0.4, 0.5) is 5.82 Å². The molecule has 0 aromatic carbocycles. The molecule has 1 saturated heterocycles. The van der Waals surface area contributed by atoms with Gasteiger partial charge in [-0.2, -0.15) is 5.10 Å². The Labute approximate surface area is 155 Å². The number of carbonyl (C=O) groups is 1. The molecule has 1 aliphatic heterocycles. The lowest BCUT2D eigenvalue weighted by molar-refractivity contribution is -0.132. The van der Waals surface area contributed by atoms with Crippen LogP contribution < -0.4 is 4.90 Å². The van der Waals surface area contributed by atoms with Crippen LogP contribution in [0.3, 0.4) is 0 Å². The van der Waals surface area contributed by atoms with E-state index in [1.54, 1.807) is 10.9 Å². The molecule has 140 valence electrons. The first-order valence-corrected chi connectivity index (χ1v) is 9.26. The number of rotatable bonds is 5. The molecule has 7 heteroatoms. The molecule has 3 heterocycles. The Bertz CT molecular complexity index is 724. The van der Waals surface area contributed by atoms with Crippen molar-refractivity contribution in [1.82, 2.24) is 24.6 Å². The molecule has 0 bridgehead atoms. The van der Waals surface area contributed by atoms with E-state index in [1.807, 2.05) is 49.4 Å². The van der Waals surface area contributed by atoms with Crippen molar-refractivity contribution >= 4 is 11.7 Å². The summed E-state index contributed by atoms with van der Waals surface area (Å²) in [5, 5.41) is 4.21. The number of nitrogens with zero attached hydrogens (tertiary/aromatic N) is 6. The molecule has 2 aromatic rings. The summed E-state index contributed by atoms with van der Waals surface area (Å²) in [6.45, 7) is 3.96. The highest BCUT2D eigenvalue weighted by Crippen LogP contribution is 2.21. The first-order chi connectivity index (χ1) is 12.5. The summed E-state index contributed by atoms with van der Waals surface area (Å²) in [6, 6.07) is 0. The molecule has 1 amide bonds. The van der Waals surface area contributed by atoms with Crippen molar-refractivity contribution < 1.29 is 4.79 Å². The van der Waals surface area contributed by atoms with Crippen molar-refractivity contribution in [2.24, 2.45) is 5.92 Å². The molecular weight excluding hydrogens is 328 g/mol. The molecule has 0 saturated carbocycles. The van der Waals surface area contributed by atoms with Gasteiger partial charge in [0.1, 0.15) is 12.4 Å². The third kappa shape index (κ3) is 4.80. The molecule has 1 aliphatic rings. The average Bonchev–Trinajstić information content (AvgIpc) is 2.88. The Morgan fingerprint density at radius 3 is 2.69 bits per heavy atom. The number of hydrogen-bond acceptors (Lipinski definition) is 5. The Morgan fingerprint density at radius 1 is 1.19 bits per heavy atom. The zero-order valence-corrected chi connectivity index (χ0v) is 15.9. The quantitative estimate of drug-likeness (QED) is 0.819. The van der Waals surface area contributed by atoms with Crippen LogP contribution in [0.25, 0.3) is 0 Å². The van der Waals surface area contributed by atoms with Crippen molar-refractivity contribution in [1.29, 1.82) is 0 Å². The number of likely N-dealkylation sites (tertiary alicyclic amines) is 1. The van der Waals surface area contributed by atoms with Crippen molar-refractivity contribution in [2.75, 3.05) is 32.1 Å². The number of hydrogen-bond donors (Lipinski definition) is 0. The molecule has 0 N–H and O–H groups in total. The highest BCUT2D eigenvalue weighted by molar-refractivity contribution is 5.75. The predicted molar refractivity (Wildman–Crippen MR) is 101 cm³/mol. The minimum absolute atomic E-state index is 0.156. The fraction of sp³-hybridized carbons (Fsp3) is 0.579. The predicted octanol–water partition coefficient (Wildman–Crippen LogP) is 1.92. The van der Waals surface area contributed by atoms with E-state index in [1.165, 1.54) is 0 Å². The van der Waals surface area contributed by atoms with Crippen molar-refractivity contribution in [3.63, 3.8) is 0 Å². The lowest BCUT2D eigenvalue weighted by Crippen LogP contribution is -2.34. The highest BCUT2D eigenvalue weighted by Gasteiger charge is 2.21. The van der Waals surface area contributed by atoms with Crippen LogP contribution in [0.5, 0.6) is 0 Å². The second-order valence-corrected chi connectivity index (χ2v) is 7.36. The average molecular weight is 356 g/mol. The molecule has 7 nitrogen and oxygen atoms in total. The van der Waals surface area contributed by atoms with Gasteiger partial charge in [0, 0.05) is 33.4 Å². The van der Waals surface area contributed by atoms with Crippen LogP contribution >= 0.6 is 0 Å². The first-order valence-electron chi connectivity index (χ1n) is 9.26. The van der Waals surface area contributed by atoms with Crippen LogP contribution in [0.1, 0.15) is 30.5 Å². The summed E-state index contributed by atoms with van der Waals surface area (Å²) in [6.07, 6.45) is 11.5. The number of aryl methyl sites for hydroxylation is 1. The first kappa shape index (κ1) is 18.4. The van der Waals surface area contributed by atoms with Gasteiger partial charge in [-0.25, -0.2) is 4.98 Å². The summed E-state index contributed by atoms with van der Waals surface area (Å²) in [7, 11) is 3.93. The van der Waals surface area contributed by atoms with Gasteiger partial charge in [0.2, 0.25) is 5.91 Å². The van der Waals surface area contributed by atoms with Crippen LogP contribution in [0, 0.1) is 12.8 Å². The molecular formula is C19H28N6O. The van der Waals surface area contributed by atoms with Crippen LogP contribution in [0.15, 0.2) is 24.8 Å². The molecule has 0 aliphatic carbocycles. The third-order valence-corrected chi connectivity index (χ3v) is 4.91. The summed E-state index contributed by atoms with van der Waals surface area (Å²) in [5.74, 6) is 1.59. The second-order valence-electron chi connectivity index (χ2n) is 7.36. The lowest BCUT2D eigenvalue weighted by Gasteiger charge is -2.20. The monoisotopic (exact) mass is 356 g/mol. The SMILES string of the molecule is Cc1cnn(CC(=O)N2CCC[C@H](Cc3cnc(N(C)C)cn3)CC2)c1. The van der Waals surface area contributed by atoms with Gasteiger partial charge >= 0.3 is 0 Å². The number of anilines is 1. The zero-order chi connectivity index (χ0) is 18.5. The van der Waals surface area contributed by atoms with Gasteiger partial charge in [-0.3, -0.25) is 14.5 Å². The third-order valence-electron chi connectivity index (χ3n) is 4.91. The molecule has 0 spiro atoms. The maximum absolute atomic E-state index is 12.5. The molecule has 0 unspecified atom stereocenters. The van der Waals surface area contributed by atoms with E-state index in [9.17, 15) is 4.79 Å². The van der Waals surface area contributed by atoms with Gasteiger partial charge in [0.05, 0.1) is 24.3 Å². The standard InChI is InChI=1S/C19H28N6O/c1-15-10-22-25(13-15)14-19(26)24-7-4-5-16(6-8-24)9-17-11-21-18(12-20-17)23(2)3/h10-13,16H,4-9,14H2,1-3H3/t16-/m0/s1. The number of aromatic nitrogens is 4. The van der Waals surface area contributed by atoms with Crippen LogP contribution in [0.2, 0.25) is 0 Å². The number of amides is 1. The van der Waals surface area contributed by atoms with E-state index >= 15 is 0 Å². The summed E-state index contributed by atoms with van der Waals surface area (Å²) >= 11 is 0. The van der Waals surface area contributed by atoms with Gasteiger partial charge in [-0.1, -0.05) is 0 Å². The van der Waals surface area contributed by atoms with E-state index in [-0.39, 0.29) is 5.91 Å². The van der Waals surface area contributed by atoms with E-state index < -0.39 is 0 Å². The Hall–Kier alpha value is -2.44. The smallest absolute Gasteiger partial charge is 0.244 e. The Kier molecular flexibility index (Phi) is 5.85. The van der Waals surface area contributed by atoms with Crippen LogP contribution in [-0.4, -0.2) is 57.7 Å². The highest BCUT2D eigenvalue weighted by atomic mass is 16.2. The van der Waals surface area contributed by atoms with Gasteiger partial charge in [-0.15, -0.1) is 0 Å². The minimum atomic E-state index is 0.156. The topological polar surface area (TPSA) is 67.2 Å².